The Kier molecular flexibility index (Phi) is 13.5. The van der Waals surface area contributed by atoms with Gasteiger partial charge in [0.2, 0.25) is 0 Å². The molecule has 1 rings (SSSR count). The first-order chi connectivity index (χ1) is 10.4. The van der Waals surface area contributed by atoms with Crippen LogP contribution >= 0.6 is 58.0 Å². The minimum absolute atomic E-state index is 0.300. The summed E-state index contributed by atoms with van der Waals surface area (Å²) in [5.74, 6) is -0.737. The van der Waals surface area contributed by atoms with Crippen LogP contribution in [0, 0.1) is 10.1 Å². The Morgan fingerprint density at radius 2 is 1.78 bits per heavy atom. The van der Waals surface area contributed by atoms with Gasteiger partial charge in [-0.05, 0) is 67.1 Å². The number of nitrogens with zero attached hydrogens (tertiary/aromatic N) is 1. The van der Waals surface area contributed by atoms with Gasteiger partial charge in [0.1, 0.15) is 5.75 Å². The minimum atomic E-state index is -2.36. The topological polar surface area (TPSA) is 102 Å². The first kappa shape index (κ1) is 24.6. The number of nitro groups is 1. The van der Waals surface area contributed by atoms with Gasteiger partial charge >= 0.3 is 9.89 Å². The molecule has 1 aromatic rings. The summed E-state index contributed by atoms with van der Waals surface area (Å²) in [6, 6.07) is 4.58. The molecule has 7 nitrogen and oxygen atoms in total. The number of aliphatic carboxylic acids is 1. The highest BCUT2D eigenvalue weighted by molar-refractivity contribution is 6.65. The average molecular weight is 430 g/mol. The number of hydrogen-bond acceptors (Lipinski definition) is 5. The average Bonchev–Trinajstić information content (AvgIpc) is 2.38. The van der Waals surface area contributed by atoms with Gasteiger partial charge in [-0.3, -0.25) is 10.1 Å². The van der Waals surface area contributed by atoms with E-state index in [1.807, 2.05) is 14.1 Å². The summed E-state index contributed by atoms with van der Waals surface area (Å²) in [5.41, 5.74) is 0. The maximum Gasteiger partial charge on any atom is 0.449 e. The predicted molar refractivity (Wildman–Crippen MR) is 91.9 cm³/mol. The Morgan fingerprint density at radius 1 is 1.35 bits per heavy atom. The van der Waals surface area contributed by atoms with Crippen LogP contribution in [0.5, 0.6) is 5.75 Å². The van der Waals surface area contributed by atoms with Crippen LogP contribution in [0.15, 0.2) is 18.2 Å². The van der Waals surface area contributed by atoms with E-state index < -0.39 is 21.4 Å². The van der Waals surface area contributed by atoms with Crippen LogP contribution in [-0.2, 0) is 4.79 Å². The van der Waals surface area contributed by atoms with Crippen molar-refractivity contribution in [1.29, 1.82) is 0 Å². The number of carbonyl (C=O) groups is 1. The van der Waals surface area contributed by atoms with Crippen LogP contribution < -0.4 is 10.1 Å². The quantitative estimate of drug-likeness (QED) is 0.327. The Labute approximate surface area is 157 Å². The molecule has 0 saturated heterocycles. The second-order valence-electron chi connectivity index (χ2n) is 3.48. The van der Waals surface area contributed by atoms with Crippen molar-refractivity contribution < 1.29 is 19.6 Å². The highest BCUT2D eigenvalue weighted by Crippen LogP contribution is 2.27. The highest BCUT2D eigenvalue weighted by Gasteiger charge is 2.33. The van der Waals surface area contributed by atoms with Crippen molar-refractivity contribution in [3.05, 3.63) is 38.4 Å². The summed E-state index contributed by atoms with van der Waals surface area (Å²) in [6.45, 7) is -0.415. The number of hydrogen-bond donors (Lipinski definition) is 2. The van der Waals surface area contributed by atoms with E-state index in [0.717, 1.165) is 0 Å². The summed E-state index contributed by atoms with van der Waals surface area (Å²) in [5, 5.41) is 21.3. The van der Waals surface area contributed by atoms with E-state index in [1.54, 1.807) is 6.07 Å². The number of benzene rings is 1. The van der Waals surface area contributed by atoms with Crippen LogP contribution in [-0.4, -0.2) is 40.6 Å². The molecule has 12 heteroatoms. The lowest BCUT2D eigenvalue weighted by atomic mass is 10.3. The number of alkyl halides is 3. The lowest BCUT2D eigenvalue weighted by molar-refractivity contribution is -0.491. The van der Waals surface area contributed by atoms with E-state index in [0.29, 0.717) is 15.8 Å². The lowest BCUT2D eigenvalue weighted by Gasteiger charge is -2.04. The molecule has 1 aromatic carbocycles. The van der Waals surface area contributed by atoms with Gasteiger partial charge in [0.25, 0.3) is 0 Å². The highest BCUT2D eigenvalue weighted by atomic mass is 35.6. The maximum atomic E-state index is 10.2. The SMILES string of the molecule is CNC.O=C(O)COc1ccc(Cl)cc1Cl.O=[N+]([O-])C(Cl)(Cl)Cl. The fraction of sp³-hybridized carbons (Fsp3) is 0.364. The van der Waals surface area contributed by atoms with Crippen molar-refractivity contribution in [2.24, 2.45) is 0 Å². The van der Waals surface area contributed by atoms with E-state index in [-0.39, 0.29) is 0 Å². The van der Waals surface area contributed by atoms with Crippen molar-refractivity contribution in [1.82, 2.24) is 5.32 Å². The number of halogens is 5. The monoisotopic (exact) mass is 428 g/mol. The standard InChI is InChI=1S/C8H6Cl2O3.C2H7N.CCl3NO2/c9-5-1-2-7(6(10)3-5)13-4-8(11)12;1-3-2;2-1(3,4)5(6)7/h1-3H,4H2,(H,11,12);3H,1-2H3;. The van der Waals surface area contributed by atoms with Crippen LogP contribution in [0.2, 0.25) is 10.0 Å². The number of ether oxygens (including phenoxy) is 1. The molecule has 0 spiro atoms. The molecule has 0 amide bonds. The molecule has 0 heterocycles. The molecule has 0 unspecified atom stereocenters. The third kappa shape index (κ3) is 14.6. The second kappa shape index (κ2) is 12.7. The molecule has 0 aliphatic rings. The molecule has 0 aliphatic carbocycles. The molecule has 0 saturated carbocycles. The van der Waals surface area contributed by atoms with Crippen molar-refractivity contribution in [2.75, 3.05) is 20.7 Å². The Bertz CT molecular complexity index is 510. The number of carboxylic acid groups (broad SMARTS) is 1. The van der Waals surface area contributed by atoms with Crippen molar-refractivity contribution >= 4 is 64.0 Å². The van der Waals surface area contributed by atoms with E-state index in [2.05, 4.69) is 5.32 Å². The van der Waals surface area contributed by atoms with E-state index in [9.17, 15) is 14.9 Å². The van der Waals surface area contributed by atoms with Crippen molar-refractivity contribution in [3.63, 3.8) is 0 Å². The molecule has 0 fully saturated rings. The summed E-state index contributed by atoms with van der Waals surface area (Å²) >= 11 is 25.4. The molecule has 2 N–H and O–H groups in total. The first-order valence-electron chi connectivity index (χ1n) is 5.55. The summed E-state index contributed by atoms with van der Waals surface area (Å²) in [4.78, 5) is 18.6. The molecule has 0 bridgehead atoms. The lowest BCUT2D eigenvalue weighted by Crippen LogP contribution is -2.15. The second-order valence-corrected chi connectivity index (χ2v) is 6.55. The van der Waals surface area contributed by atoms with E-state index >= 15 is 0 Å². The van der Waals surface area contributed by atoms with E-state index in [4.69, 9.17) is 67.8 Å². The first-order valence-corrected chi connectivity index (χ1v) is 7.44. The molecule has 0 atom stereocenters. The summed E-state index contributed by atoms with van der Waals surface area (Å²) < 4.78 is 2.50. The molecule has 0 aromatic heterocycles. The van der Waals surface area contributed by atoms with Gasteiger partial charge in [0.15, 0.2) is 6.61 Å². The van der Waals surface area contributed by atoms with Gasteiger partial charge < -0.3 is 15.2 Å². The van der Waals surface area contributed by atoms with E-state index in [1.165, 1.54) is 12.1 Å². The third-order valence-electron chi connectivity index (χ3n) is 1.45. The molecular formula is C11H13Cl5N2O5. The van der Waals surface area contributed by atoms with Crippen molar-refractivity contribution in [3.8, 4) is 5.75 Å². The smallest absolute Gasteiger partial charge is 0.449 e. The van der Waals surface area contributed by atoms with Crippen LogP contribution in [0.1, 0.15) is 0 Å². The Balaban J connectivity index is 0. The van der Waals surface area contributed by atoms with Gasteiger partial charge in [-0.15, -0.1) is 0 Å². The molecular weight excluding hydrogens is 417 g/mol. The van der Waals surface area contributed by atoms with Crippen molar-refractivity contribution in [2.45, 2.75) is 3.92 Å². The zero-order valence-electron chi connectivity index (χ0n) is 11.9. The summed E-state index contributed by atoms with van der Waals surface area (Å²) in [6.07, 6.45) is 0. The maximum absolute atomic E-state index is 10.2. The van der Waals surface area contributed by atoms with Gasteiger partial charge in [-0.2, -0.15) is 0 Å². The van der Waals surface area contributed by atoms with Gasteiger partial charge in [-0.25, -0.2) is 4.79 Å². The summed E-state index contributed by atoms with van der Waals surface area (Å²) in [7, 11) is 3.75. The molecule has 0 aliphatic heterocycles. The van der Waals surface area contributed by atoms with Crippen LogP contribution in [0.3, 0.4) is 0 Å². The number of carboxylic acids is 1. The van der Waals surface area contributed by atoms with Gasteiger partial charge in [-0.1, -0.05) is 23.2 Å². The van der Waals surface area contributed by atoms with Crippen LogP contribution in [0.25, 0.3) is 0 Å². The molecule has 0 radical (unpaired) electrons. The molecule has 132 valence electrons. The predicted octanol–water partition coefficient (Wildman–Crippen LogP) is 3.88. The zero-order chi connectivity index (χ0) is 18.6. The Morgan fingerprint density at radius 3 is 2.09 bits per heavy atom. The third-order valence-corrected chi connectivity index (χ3v) is 2.40. The largest absolute Gasteiger partial charge is 0.480 e. The zero-order valence-corrected chi connectivity index (χ0v) is 15.6. The molecule has 23 heavy (non-hydrogen) atoms. The Hall–Kier alpha value is -0.700. The van der Waals surface area contributed by atoms with Crippen LogP contribution in [0.4, 0.5) is 0 Å². The fourth-order valence-corrected chi connectivity index (χ4v) is 1.19. The minimum Gasteiger partial charge on any atom is -0.480 e. The fourth-order valence-electron chi connectivity index (χ4n) is 0.732. The van der Waals surface area contributed by atoms with Gasteiger partial charge in [0.05, 0.1) is 9.95 Å². The number of nitrogens with one attached hydrogen (secondary N) is 1. The number of rotatable bonds is 3. The van der Waals surface area contributed by atoms with Gasteiger partial charge in [0, 0.05) is 5.02 Å². The normalized spacial score (nSPS) is 9.70.